The van der Waals surface area contributed by atoms with Crippen molar-refractivity contribution in [3.63, 3.8) is 0 Å². The van der Waals surface area contributed by atoms with Crippen molar-refractivity contribution in [3.8, 4) is 0 Å². The van der Waals surface area contributed by atoms with E-state index in [1.165, 1.54) is 87.3 Å². The lowest BCUT2D eigenvalue weighted by Gasteiger charge is -2.29. The average molecular weight is 975 g/mol. The van der Waals surface area contributed by atoms with Crippen LogP contribution in [0, 0.1) is 27.7 Å². The lowest BCUT2D eigenvalue weighted by Crippen LogP contribution is -2.13. The van der Waals surface area contributed by atoms with Crippen LogP contribution in [0.15, 0.2) is 215 Å². The second-order valence-electron chi connectivity index (χ2n) is 21.0. The molecule has 6 nitrogen and oxygen atoms in total. The minimum atomic E-state index is 0.885. The average Bonchev–Trinajstić information content (AvgIpc) is 4.43. The molecule has 0 N–H and O–H groups in total. The van der Waals surface area contributed by atoms with Gasteiger partial charge in [0.05, 0.1) is 55.8 Å². The Morgan fingerprint density at radius 2 is 0.671 bits per heavy atom. The number of fused-ring (bicyclic) bond motifs is 18. The van der Waals surface area contributed by atoms with E-state index in [4.69, 9.17) is 8.83 Å². The van der Waals surface area contributed by atoms with Gasteiger partial charge in [-0.15, -0.1) is 0 Å². The van der Waals surface area contributed by atoms with Crippen LogP contribution >= 0.6 is 0 Å². The van der Waals surface area contributed by atoms with Crippen molar-refractivity contribution in [1.82, 2.24) is 8.80 Å². The Labute approximate surface area is 435 Å². The summed E-state index contributed by atoms with van der Waals surface area (Å²) < 4.78 is 18.9. The van der Waals surface area contributed by atoms with Crippen LogP contribution in [0.25, 0.3) is 120 Å². The molecule has 6 aromatic heterocycles. The summed E-state index contributed by atoms with van der Waals surface area (Å²) in [4.78, 5) is 4.95. The van der Waals surface area contributed by atoms with E-state index >= 15 is 0 Å². The van der Waals surface area contributed by atoms with Crippen molar-refractivity contribution in [2.75, 3.05) is 9.80 Å². The van der Waals surface area contributed by atoms with E-state index in [0.29, 0.717) is 0 Å². The van der Waals surface area contributed by atoms with E-state index < -0.39 is 0 Å². The van der Waals surface area contributed by atoms with Gasteiger partial charge >= 0.3 is 0 Å². The van der Waals surface area contributed by atoms with E-state index in [0.717, 1.165) is 89.1 Å². The number of aromatic nitrogens is 2. The maximum atomic E-state index is 6.89. The molecule has 6 heteroatoms. The van der Waals surface area contributed by atoms with Crippen molar-refractivity contribution in [2.45, 2.75) is 27.7 Å². The molecule has 76 heavy (non-hydrogen) atoms. The van der Waals surface area contributed by atoms with Crippen LogP contribution in [-0.2, 0) is 0 Å². The Morgan fingerprint density at radius 1 is 0.289 bits per heavy atom. The molecule has 0 spiro atoms. The maximum Gasteiger partial charge on any atom is 0.159 e. The molecular formula is C70H46N4O2. The van der Waals surface area contributed by atoms with E-state index in [9.17, 15) is 0 Å². The summed E-state index contributed by atoms with van der Waals surface area (Å²) in [6.07, 6.45) is 0. The van der Waals surface area contributed by atoms with Crippen molar-refractivity contribution < 1.29 is 8.83 Å². The predicted octanol–water partition coefficient (Wildman–Crippen LogP) is 20.0. The van der Waals surface area contributed by atoms with Gasteiger partial charge in [-0.1, -0.05) is 146 Å². The van der Waals surface area contributed by atoms with E-state index in [-0.39, 0.29) is 0 Å². The molecule has 358 valence electrons. The molecule has 0 aliphatic heterocycles. The number of aryl methyl sites for hydroxylation is 4. The van der Waals surface area contributed by atoms with Crippen LogP contribution in [0.5, 0.6) is 0 Å². The third kappa shape index (κ3) is 5.29. The molecule has 0 unspecified atom stereocenters. The van der Waals surface area contributed by atoms with Gasteiger partial charge in [0.25, 0.3) is 0 Å². The number of para-hydroxylation sites is 6. The van der Waals surface area contributed by atoms with Gasteiger partial charge in [-0.3, -0.25) is 0 Å². The topological polar surface area (TPSA) is 41.6 Å². The Balaban J connectivity index is 0.963. The molecule has 0 saturated heterocycles. The van der Waals surface area contributed by atoms with Crippen LogP contribution < -0.4 is 9.80 Å². The molecule has 0 amide bonds. The zero-order chi connectivity index (χ0) is 50.2. The number of nitrogens with zero attached hydrogens (tertiary/aromatic N) is 4. The Bertz CT molecular complexity index is 4980. The third-order valence-electron chi connectivity index (χ3n) is 16.9. The largest absolute Gasteiger partial charge is 0.454 e. The fourth-order valence-corrected chi connectivity index (χ4v) is 13.5. The first-order valence-corrected chi connectivity index (χ1v) is 26.3. The van der Waals surface area contributed by atoms with Crippen molar-refractivity contribution >= 4 is 154 Å². The van der Waals surface area contributed by atoms with Crippen LogP contribution in [0.1, 0.15) is 22.3 Å². The SMILES string of the molecule is Cc1ccccc1N(c1c(C)ccc2c1oc1ccccc12)c1ccc2c3cc4c(cc3n3c5ccccc5c1c23)c1ccc(N(c2ccccc2C)c2c(C)ccc3c2oc2ccccc23)c2c3ccccc3n4c12. The molecule has 0 aliphatic carbocycles. The minimum Gasteiger partial charge on any atom is -0.454 e. The summed E-state index contributed by atoms with van der Waals surface area (Å²) in [5, 5.41) is 14.2. The van der Waals surface area contributed by atoms with Crippen molar-refractivity contribution in [1.29, 1.82) is 0 Å². The van der Waals surface area contributed by atoms with Gasteiger partial charge in [0.1, 0.15) is 11.2 Å². The van der Waals surface area contributed by atoms with Gasteiger partial charge < -0.3 is 27.4 Å². The van der Waals surface area contributed by atoms with Gasteiger partial charge in [-0.2, -0.15) is 0 Å². The second kappa shape index (κ2) is 14.9. The first kappa shape index (κ1) is 41.7. The normalized spacial score (nSPS) is 12.5. The van der Waals surface area contributed by atoms with Crippen LogP contribution in [0.2, 0.25) is 0 Å². The van der Waals surface area contributed by atoms with Crippen LogP contribution in [0.3, 0.4) is 0 Å². The monoisotopic (exact) mass is 974 g/mol. The van der Waals surface area contributed by atoms with E-state index in [1.54, 1.807) is 0 Å². The number of hydrogen-bond donors (Lipinski definition) is 0. The summed E-state index contributed by atoms with van der Waals surface area (Å²) in [5.74, 6) is 0. The molecule has 17 rings (SSSR count). The van der Waals surface area contributed by atoms with Crippen molar-refractivity contribution in [3.05, 3.63) is 229 Å². The molecule has 0 atom stereocenters. The molecule has 0 aliphatic rings. The molecule has 6 heterocycles. The Morgan fingerprint density at radius 3 is 1.12 bits per heavy atom. The number of anilines is 6. The van der Waals surface area contributed by atoms with Gasteiger partial charge in [-0.25, -0.2) is 0 Å². The zero-order valence-corrected chi connectivity index (χ0v) is 42.2. The summed E-state index contributed by atoms with van der Waals surface area (Å²) in [5.41, 5.74) is 21.9. The molecular weight excluding hydrogens is 929 g/mol. The smallest absolute Gasteiger partial charge is 0.159 e. The fourth-order valence-electron chi connectivity index (χ4n) is 13.5. The quantitative estimate of drug-likeness (QED) is 0.166. The zero-order valence-electron chi connectivity index (χ0n) is 42.2. The lowest BCUT2D eigenvalue weighted by atomic mass is 10.0. The second-order valence-corrected chi connectivity index (χ2v) is 21.0. The summed E-state index contributed by atoms with van der Waals surface area (Å²) in [6.45, 7) is 8.85. The fraction of sp³-hybridized carbons (Fsp3) is 0.0571. The lowest BCUT2D eigenvalue weighted by molar-refractivity contribution is 0.668. The maximum absolute atomic E-state index is 6.89. The Kier molecular flexibility index (Phi) is 8.19. The van der Waals surface area contributed by atoms with E-state index in [1.807, 2.05) is 0 Å². The summed E-state index contributed by atoms with van der Waals surface area (Å²) in [7, 11) is 0. The molecule has 0 bridgehead atoms. The standard InChI is InChI=1S/C70H46N4O2/c1-39-17-5-11-23-53(39)71(65-41(3)29-31-47-43-19-9-15-27-61(43)75-69(47)65)57-35-33-45-51-37-60-52(38-59(51)73-55-25-13-7-21-49(55)63(57)67(45)73)46-34-36-58(64-50-22-8-14-26-56(50)74(60)68(46)64)72(54-24-12-6-18-40(54)2)66-42(4)30-32-48-44-20-10-16-28-62(44)76-70(48)66/h5-38H,1-4H3. The van der Waals surface area contributed by atoms with E-state index in [2.05, 4.69) is 253 Å². The molecule has 0 radical (unpaired) electrons. The summed E-state index contributed by atoms with van der Waals surface area (Å²) in [6, 6.07) is 75.6. The highest BCUT2D eigenvalue weighted by atomic mass is 16.3. The Hall–Kier alpha value is -9.78. The molecule has 11 aromatic carbocycles. The van der Waals surface area contributed by atoms with Gasteiger partial charge in [0, 0.05) is 76.0 Å². The highest BCUT2D eigenvalue weighted by Crippen LogP contribution is 2.54. The van der Waals surface area contributed by atoms with Crippen LogP contribution in [-0.4, -0.2) is 8.80 Å². The highest BCUT2D eigenvalue weighted by Gasteiger charge is 2.31. The predicted molar refractivity (Wildman–Crippen MR) is 319 cm³/mol. The molecule has 17 aromatic rings. The first-order chi connectivity index (χ1) is 37.4. The highest BCUT2D eigenvalue weighted by molar-refractivity contribution is 6.33. The summed E-state index contributed by atoms with van der Waals surface area (Å²) >= 11 is 0. The molecule has 0 saturated carbocycles. The van der Waals surface area contributed by atoms with Crippen LogP contribution in [0.4, 0.5) is 34.1 Å². The number of rotatable bonds is 6. The number of furan rings is 2. The van der Waals surface area contributed by atoms with Crippen molar-refractivity contribution in [2.24, 2.45) is 0 Å². The third-order valence-corrected chi connectivity index (χ3v) is 16.9. The minimum absolute atomic E-state index is 0.885. The van der Waals surface area contributed by atoms with Gasteiger partial charge in [0.2, 0.25) is 0 Å². The number of benzene rings is 11. The van der Waals surface area contributed by atoms with Gasteiger partial charge in [0.15, 0.2) is 11.2 Å². The molecule has 0 fully saturated rings. The van der Waals surface area contributed by atoms with Gasteiger partial charge in [-0.05, 0) is 111 Å². The first-order valence-electron chi connectivity index (χ1n) is 26.3. The number of hydrogen-bond acceptors (Lipinski definition) is 4.